The molecule has 3 rings (SSSR count). The number of esters is 1. The van der Waals surface area contributed by atoms with Gasteiger partial charge < -0.3 is 14.5 Å². The molecular weight excluding hydrogens is 342 g/mol. The Labute approximate surface area is 157 Å². The van der Waals surface area contributed by atoms with Crippen LogP contribution in [0.3, 0.4) is 0 Å². The molecule has 3 aromatic rings. The SMILES string of the molecule is COC(=O)COc1c(C)cc(C=C(C#N)c2nc3ccccc3[nH]2)cc1C. The first-order valence-corrected chi connectivity index (χ1v) is 8.39. The van der Waals surface area contributed by atoms with E-state index in [9.17, 15) is 10.1 Å². The van der Waals surface area contributed by atoms with Crippen molar-refractivity contribution in [1.82, 2.24) is 9.97 Å². The molecule has 27 heavy (non-hydrogen) atoms. The highest BCUT2D eigenvalue weighted by Crippen LogP contribution is 2.27. The summed E-state index contributed by atoms with van der Waals surface area (Å²) < 4.78 is 10.1. The van der Waals surface area contributed by atoms with Crippen LogP contribution in [-0.4, -0.2) is 29.7 Å². The van der Waals surface area contributed by atoms with Gasteiger partial charge in [-0.25, -0.2) is 9.78 Å². The topological polar surface area (TPSA) is 88.0 Å². The lowest BCUT2D eigenvalue weighted by Gasteiger charge is -2.12. The molecule has 0 saturated carbocycles. The number of allylic oxidation sites excluding steroid dienone is 1. The maximum absolute atomic E-state index is 11.3. The number of aromatic amines is 1. The van der Waals surface area contributed by atoms with Crippen molar-refractivity contribution in [2.45, 2.75) is 13.8 Å². The Morgan fingerprint density at radius 2 is 1.96 bits per heavy atom. The van der Waals surface area contributed by atoms with Gasteiger partial charge in [-0.15, -0.1) is 0 Å². The van der Waals surface area contributed by atoms with E-state index in [4.69, 9.17) is 4.74 Å². The average Bonchev–Trinajstić information content (AvgIpc) is 3.09. The number of carbonyl (C=O) groups excluding carboxylic acids is 1. The number of ether oxygens (including phenoxy) is 2. The van der Waals surface area contributed by atoms with Crippen LogP contribution in [0, 0.1) is 25.2 Å². The molecule has 0 aliphatic heterocycles. The molecule has 6 nitrogen and oxygen atoms in total. The Hall–Kier alpha value is -3.59. The van der Waals surface area contributed by atoms with Gasteiger partial charge in [0.25, 0.3) is 0 Å². The number of nitrogens with zero attached hydrogens (tertiary/aromatic N) is 2. The molecule has 0 aliphatic rings. The number of carbonyl (C=O) groups is 1. The lowest BCUT2D eigenvalue weighted by atomic mass is 10.0. The molecule has 6 heteroatoms. The van der Waals surface area contributed by atoms with Gasteiger partial charge in [0, 0.05) is 0 Å². The summed E-state index contributed by atoms with van der Waals surface area (Å²) in [5.41, 5.74) is 4.72. The van der Waals surface area contributed by atoms with Crippen molar-refractivity contribution in [1.29, 1.82) is 5.26 Å². The van der Waals surface area contributed by atoms with Gasteiger partial charge in [-0.1, -0.05) is 12.1 Å². The Morgan fingerprint density at radius 3 is 2.59 bits per heavy atom. The second-order valence-corrected chi connectivity index (χ2v) is 6.12. The summed E-state index contributed by atoms with van der Waals surface area (Å²) in [7, 11) is 1.32. The van der Waals surface area contributed by atoms with Crippen LogP contribution in [-0.2, 0) is 9.53 Å². The standard InChI is InChI=1S/C21H19N3O3/c1-13-8-15(9-14(2)20(13)27-12-19(25)26-3)10-16(11-22)21-23-17-6-4-5-7-18(17)24-21/h4-10H,12H2,1-3H3,(H,23,24). The molecule has 0 fully saturated rings. The van der Waals surface area contributed by atoms with Crippen LogP contribution in [0.5, 0.6) is 5.75 Å². The lowest BCUT2D eigenvalue weighted by Crippen LogP contribution is -2.13. The van der Waals surface area contributed by atoms with Crippen molar-refractivity contribution in [3.63, 3.8) is 0 Å². The molecule has 0 atom stereocenters. The first-order valence-electron chi connectivity index (χ1n) is 8.39. The molecule has 136 valence electrons. The summed E-state index contributed by atoms with van der Waals surface area (Å²) in [6.07, 6.45) is 1.78. The molecule has 1 N–H and O–H groups in total. The minimum Gasteiger partial charge on any atom is -0.481 e. The summed E-state index contributed by atoms with van der Waals surface area (Å²) in [4.78, 5) is 18.9. The number of rotatable bonds is 5. The molecule has 1 aromatic heterocycles. The third kappa shape index (κ3) is 3.98. The summed E-state index contributed by atoms with van der Waals surface area (Å²) in [5, 5.41) is 9.58. The third-order valence-electron chi connectivity index (χ3n) is 4.12. The molecule has 1 heterocycles. The van der Waals surface area contributed by atoms with Crippen molar-refractivity contribution in [3.05, 3.63) is 58.9 Å². The Morgan fingerprint density at radius 1 is 1.26 bits per heavy atom. The zero-order chi connectivity index (χ0) is 19.4. The molecule has 0 radical (unpaired) electrons. The highest BCUT2D eigenvalue weighted by molar-refractivity contribution is 5.90. The van der Waals surface area contributed by atoms with E-state index in [1.807, 2.05) is 50.2 Å². The lowest BCUT2D eigenvalue weighted by molar-refractivity contribution is -0.142. The number of nitrogens with one attached hydrogen (secondary N) is 1. The van der Waals surface area contributed by atoms with Crippen LogP contribution in [0.4, 0.5) is 0 Å². The number of hydrogen-bond donors (Lipinski definition) is 1. The van der Waals surface area contributed by atoms with Crippen molar-refractivity contribution in [2.24, 2.45) is 0 Å². The van der Waals surface area contributed by atoms with E-state index in [1.54, 1.807) is 6.08 Å². The van der Waals surface area contributed by atoms with Crippen LogP contribution in [0.15, 0.2) is 36.4 Å². The van der Waals surface area contributed by atoms with E-state index in [1.165, 1.54) is 7.11 Å². The number of nitriles is 1. The molecule has 0 saturated heterocycles. The maximum Gasteiger partial charge on any atom is 0.343 e. The van der Waals surface area contributed by atoms with E-state index < -0.39 is 5.97 Å². The number of H-pyrrole nitrogens is 1. The van der Waals surface area contributed by atoms with Crippen LogP contribution in [0.25, 0.3) is 22.7 Å². The van der Waals surface area contributed by atoms with Gasteiger partial charge in [0.05, 0.1) is 23.7 Å². The van der Waals surface area contributed by atoms with Crippen molar-refractivity contribution < 1.29 is 14.3 Å². The summed E-state index contributed by atoms with van der Waals surface area (Å²) in [6, 6.07) is 13.6. The number of hydrogen-bond acceptors (Lipinski definition) is 5. The van der Waals surface area contributed by atoms with Crippen molar-refractivity contribution in [3.8, 4) is 11.8 Å². The first kappa shape index (κ1) is 18.2. The maximum atomic E-state index is 11.3. The monoisotopic (exact) mass is 361 g/mol. The fourth-order valence-electron chi connectivity index (χ4n) is 2.89. The van der Waals surface area contributed by atoms with Gasteiger partial charge in [0.15, 0.2) is 6.61 Å². The van der Waals surface area contributed by atoms with Crippen LogP contribution in [0.2, 0.25) is 0 Å². The zero-order valence-electron chi connectivity index (χ0n) is 15.4. The molecular formula is C21H19N3O3. The first-order chi connectivity index (χ1) is 13.0. The van der Waals surface area contributed by atoms with Gasteiger partial charge in [0.1, 0.15) is 17.6 Å². The van der Waals surface area contributed by atoms with Crippen LogP contribution < -0.4 is 4.74 Å². The molecule has 0 aliphatic carbocycles. The Kier molecular flexibility index (Phi) is 5.23. The number of aromatic nitrogens is 2. The summed E-state index contributed by atoms with van der Waals surface area (Å²) in [6.45, 7) is 3.64. The largest absolute Gasteiger partial charge is 0.481 e. The van der Waals surface area contributed by atoms with Gasteiger partial charge in [-0.05, 0) is 60.9 Å². The number of aryl methyl sites for hydroxylation is 2. The number of fused-ring (bicyclic) bond motifs is 1. The van der Waals surface area contributed by atoms with E-state index in [0.29, 0.717) is 17.1 Å². The minimum atomic E-state index is -0.436. The molecule has 0 bridgehead atoms. The number of imidazole rings is 1. The Bertz CT molecular complexity index is 1020. The summed E-state index contributed by atoms with van der Waals surface area (Å²) >= 11 is 0. The predicted octanol–water partition coefficient (Wildman–Crippen LogP) is 3.80. The number of methoxy groups -OCH3 is 1. The highest BCUT2D eigenvalue weighted by Gasteiger charge is 2.11. The Balaban J connectivity index is 1.92. The van der Waals surface area contributed by atoms with Gasteiger partial charge in [0.2, 0.25) is 0 Å². The van der Waals surface area contributed by atoms with Crippen LogP contribution >= 0.6 is 0 Å². The number of para-hydroxylation sites is 2. The average molecular weight is 361 g/mol. The highest BCUT2D eigenvalue weighted by atomic mass is 16.6. The zero-order valence-corrected chi connectivity index (χ0v) is 15.4. The van der Waals surface area contributed by atoms with Crippen molar-refractivity contribution in [2.75, 3.05) is 13.7 Å². The quantitative estimate of drug-likeness (QED) is 0.552. The second-order valence-electron chi connectivity index (χ2n) is 6.12. The van der Waals surface area contributed by atoms with Gasteiger partial charge in [-0.2, -0.15) is 5.26 Å². The van der Waals surface area contributed by atoms with Gasteiger partial charge in [-0.3, -0.25) is 0 Å². The smallest absolute Gasteiger partial charge is 0.343 e. The predicted molar refractivity (Wildman–Crippen MR) is 103 cm³/mol. The molecule has 0 unspecified atom stereocenters. The van der Waals surface area contributed by atoms with E-state index >= 15 is 0 Å². The molecule has 0 amide bonds. The van der Waals surface area contributed by atoms with E-state index in [0.717, 1.165) is 27.7 Å². The van der Waals surface area contributed by atoms with E-state index in [2.05, 4.69) is 20.8 Å². The fourth-order valence-corrected chi connectivity index (χ4v) is 2.89. The van der Waals surface area contributed by atoms with Crippen molar-refractivity contribution >= 4 is 28.7 Å². The van der Waals surface area contributed by atoms with Gasteiger partial charge >= 0.3 is 5.97 Å². The van der Waals surface area contributed by atoms with E-state index in [-0.39, 0.29) is 6.61 Å². The third-order valence-corrected chi connectivity index (χ3v) is 4.12. The van der Waals surface area contributed by atoms with Crippen LogP contribution in [0.1, 0.15) is 22.5 Å². The summed E-state index contributed by atoms with van der Waals surface area (Å²) in [5.74, 6) is 0.731. The fraction of sp³-hybridized carbons (Fsp3) is 0.190. The molecule has 0 spiro atoms. The minimum absolute atomic E-state index is 0.143. The molecule has 2 aromatic carbocycles. The normalized spacial score (nSPS) is 11.3. The number of benzene rings is 2. The second kappa shape index (κ2) is 7.75.